The molecule has 1 atom stereocenters. The minimum atomic E-state index is -0.225. The molecule has 1 fully saturated rings. The summed E-state index contributed by atoms with van der Waals surface area (Å²) in [6.07, 6.45) is 8.99. The zero-order valence-electron chi connectivity index (χ0n) is 10.2. The van der Waals surface area contributed by atoms with Crippen LogP contribution in [0.5, 0.6) is 0 Å². The normalized spacial score (nSPS) is 23.4. The lowest BCUT2D eigenvalue weighted by atomic mass is 10.0. The molecule has 1 aliphatic rings. The van der Waals surface area contributed by atoms with Gasteiger partial charge in [0.05, 0.1) is 12.9 Å². The van der Waals surface area contributed by atoms with Gasteiger partial charge in [-0.05, 0) is 5.92 Å². The molecular formula is C13H17FN2O. The molecule has 0 amide bonds. The Morgan fingerprint density at radius 2 is 2.53 bits per heavy atom. The van der Waals surface area contributed by atoms with Crippen molar-refractivity contribution in [3.8, 4) is 12.3 Å². The number of amidine groups is 1. The highest BCUT2D eigenvalue weighted by Crippen LogP contribution is 2.21. The minimum Gasteiger partial charge on any atom is -0.496 e. The number of rotatable bonds is 4. The smallest absolute Gasteiger partial charge is 0.129 e. The zero-order chi connectivity index (χ0) is 12.7. The van der Waals surface area contributed by atoms with Crippen LogP contribution < -0.4 is 5.32 Å². The van der Waals surface area contributed by atoms with E-state index in [1.165, 1.54) is 19.3 Å². The number of hydrogen-bond acceptors (Lipinski definition) is 2. The Morgan fingerprint density at radius 3 is 3.06 bits per heavy atom. The van der Waals surface area contributed by atoms with Crippen LogP contribution in [0.25, 0.3) is 0 Å². The topological polar surface area (TPSA) is 33.6 Å². The highest BCUT2D eigenvalue weighted by atomic mass is 19.1. The predicted octanol–water partition coefficient (Wildman–Crippen LogP) is 2.03. The van der Waals surface area contributed by atoms with Gasteiger partial charge in [0.15, 0.2) is 0 Å². The number of methoxy groups -OCH3 is 1. The second-order valence-corrected chi connectivity index (χ2v) is 3.83. The monoisotopic (exact) mass is 236 g/mol. The molecule has 1 heterocycles. The first-order valence-electron chi connectivity index (χ1n) is 5.45. The van der Waals surface area contributed by atoms with Crippen molar-refractivity contribution in [2.45, 2.75) is 12.8 Å². The van der Waals surface area contributed by atoms with E-state index in [0.29, 0.717) is 12.2 Å². The fraction of sp³-hybridized carbons (Fsp3) is 0.462. The highest BCUT2D eigenvalue weighted by molar-refractivity contribution is 5.84. The summed E-state index contributed by atoms with van der Waals surface area (Å²) >= 11 is 0. The van der Waals surface area contributed by atoms with Gasteiger partial charge >= 0.3 is 0 Å². The largest absolute Gasteiger partial charge is 0.496 e. The van der Waals surface area contributed by atoms with Crippen molar-refractivity contribution in [2.75, 3.05) is 20.7 Å². The second-order valence-electron chi connectivity index (χ2n) is 3.83. The maximum Gasteiger partial charge on any atom is 0.129 e. The molecule has 4 heteroatoms. The molecule has 3 nitrogen and oxygen atoms in total. The molecule has 0 spiro atoms. The summed E-state index contributed by atoms with van der Waals surface area (Å²) < 4.78 is 18.6. The van der Waals surface area contributed by atoms with E-state index in [1.807, 2.05) is 0 Å². The van der Waals surface area contributed by atoms with Crippen molar-refractivity contribution in [3.05, 3.63) is 23.7 Å². The van der Waals surface area contributed by atoms with Crippen molar-refractivity contribution < 1.29 is 9.13 Å². The van der Waals surface area contributed by atoms with E-state index >= 15 is 0 Å². The molecule has 0 bridgehead atoms. The third-order valence-corrected chi connectivity index (χ3v) is 2.59. The fourth-order valence-electron chi connectivity index (χ4n) is 1.73. The van der Waals surface area contributed by atoms with Crippen molar-refractivity contribution in [3.63, 3.8) is 0 Å². The number of terminal acetylenes is 1. The number of hydrogen-bond donors (Lipinski definition) is 1. The zero-order valence-corrected chi connectivity index (χ0v) is 10.2. The summed E-state index contributed by atoms with van der Waals surface area (Å²) in [4.78, 5) is 4.05. The van der Waals surface area contributed by atoms with Gasteiger partial charge in [-0.25, -0.2) is 4.39 Å². The summed E-state index contributed by atoms with van der Waals surface area (Å²) in [7, 11) is 3.20. The van der Waals surface area contributed by atoms with Crippen molar-refractivity contribution >= 4 is 5.84 Å². The van der Waals surface area contributed by atoms with E-state index in [4.69, 9.17) is 11.2 Å². The summed E-state index contributed by atoms with van der Waals surface area (Å²) in [5.74, 6) is 3.62. The van der Waals surface area contributed by atoms with Gasteiger partial charge in [0.2, 0.25) is 0 Å². The Kier molecular flexibility index (Phi) is 5.28. The molecule has 0 aromatic carbocycles. The average Bonchev–Trinajstić information content (AvgIpc) is 2.76. The molecule has 1 unspecified atom stereocenters. The molecule has 17 heavy (non-hydrogen) atoms. The summed E-state index contributed by atoms with van der Waals surface area (Å²) in [5.41, 5.74) is 0. The number of ether oxygens (including phenoxy) is 1. The van der Waals surface area contributed by atoms with E-state index in [-0.39, 0.29) is 11.7 Å². The lowest BCUT2D eigenvalue weighted by Crippen LogP contribution is -2.14. The molecular weight excluding hydrogens is 219 g/mol. The van der Waals surface area contributed by atoms with Crippen molar-refractivity contribution in [1.82, 2.24) is 5.32 Å². The van der Waals surface area contributed by atoms with E-state index in [2.05, 4.69) is 16.2 Å². The van der Waals surface area contributed by atoms with Crippen LogP contribution in [0.15, 0.2) is 28.7 Å². The van der Waals surface area contributed by atoms with Crippen LogP contribution in [0, 0.1) is 18.3 Å². The van der Waals surface area contributed by atoms with Gasteiger partial charge in [0, 0.05) is 38.6 Å². The van der Waals surface area contributed by atoms with Gasteiger partial charge in [0.25, 0.3) is 0 Å². The molecule has 0 aromatic heterocycles. The maximum absolute atomic E-state index is 13.7. The first kappa shape index (κ1) is 13.3. The van der Waals surface area contributed by atoms with Crippen LogP contribution >= 0.6 is 0 Å². The molecule has 1 rings (SSSR count). The minimum absolute atomic E-state index is 0.225. The molecule has 1 aliphatic heterocycles. The quantitative estimate of drug-likeness (QED) is 0.460. The summed E-state index contributed by atoms with van der Waals surface area (Å²) in [6.45, 7) is 0.759. The summed E-state index contributed by atoms with van der Waals surface area (Å²) in [6, 6.07) is 0. The number of nitrogens with zero attached hydrogens (tertiary/aromatic N) is 1. The Bertz CT molecular complexity index is 391. The van der Waals surface area contributed by atoms with Crippen LogP contribution in [0.3, 0.4) is 0 Å². The van der Waals surface area contributed by atoms with E-state index < -0.39 is 0 Å². The Balaban J connectivity index is 2.55. The van der Waals surface area contributed by atoms with Gasteiger partial charge in [0.1, 0.15) is 11.6 Å². The molecule has 0 aromatic rings. The SMILES string of the molecule is C#C/C=C(\C=C(\F)CC1CN/C(=N\C)C1)OC. The van der Waals surface area contributed by atoms with Crippen LogP contribution in [-0.2, 0) is 4.74 Å². The molecule has 0 radical (unpaired) electrons. The lowest BCUT2D eigenvalue weighted by Gasteiger charge is -2.05. The fourth-order valence-corrected chi connectivity index (χ4v) is 1.73. The number of allylic oxidation sites excluding steroid dienone is 3. The third-order valence-electron chi connectivity index (χ3n) is 2.59. The molecule has 0 saturated carbocycles. The first-order chi connectivity index (χ1) is 8.19. The number of halogens is 1. The first-order valence-corrected chi connectivity index (χ1v) is 5.45. The van der Waals surface area contributed by atoms with E-state index in [9.17, 15) is 4.39 Å². The lowest BCUT2D eigenvalue weighted by molar-refractivity contribution is 0.304. The highest BCUT2D eigenvalue weighted by Gasteiger charge is 2.20. The number of nitrogens with one attached hydrogen (secondary N) is 1. The Labute approximate surface area is 101 Å². The van der Waals surface area contributed by atoms with Gasteiger partial charge in [-0.1, -0.05) is 5.92 Å². The average molecular weight is 236 g/mol. The van der Waals surface area contributed by atoms with Crippen LogP contribution in [0.2, 0.25) is 0 Å². The van der Waals surface area contributed by atoms with E-state index in [0.717, 1.165) is 18.8 Å². The third kappa shape index (κ3) is 4.31. The van der Waals surface area contributed by atoms with E-state index in [1.54, 1.807) is 7.05 Å². The standard InChI is InChI=1S/C13H17FN2O/c1-4-5-12(17-3)8-11(14)6-10-7-13(15-2)16-9-10/h1,5,8,10H,6-7,9H2,2-3H3,(H,15,16)/b11-8+,12-5+. The molecule has 1 saturated heterocycles. The van der Waals surface area contributed by atoms with Gasteiger partial charge in [-0.3, -0.25) is 4.99 Å². The van der Waals surface area contributed by atoms with Crippen LogP contribution in [0.4, 0.5) is 4.39 Å². The Morgan fingerprint density at radius 1 is 1.76 bits per heavy atom. The molecule has 1 N–H and O–H groups in total. The van der Waals surface area contributed by atoms with Crippen LogP contribution in [0.1, 0.15) is 12.8 Å². The number of aliphatic imine (C=N–C) groups is 1. The molecule has 92 valence electrons. The maximum atomic E-state index is 13.7. The van der Waals surface area contributed by atoms with Gasteiger partial charge in [-0.2, -0.15) is 0 Å². The van der Waals surface area contributed by atoms with Gasteiger partial charge < -0.3 is 10.1 Å². The predicted molar refractivity (Wildman–Crippen MR) is 67.2 cm³/mol. The van der Waals surface area contributed by atoms with Crippen molar-refractivity contribution in [2.24, 2.45) is 10.9 Å². The van der Waals surface area contributed by atoms with Crippen molar-refractivity contribution in [1.29, 1.82) is 0 Å². The van der Waals surface area contributed by atoms with Crippen LogP contribution in [-0.4, -0.2) is 26.5 Å². The van der Waals surface area contributed by atoms with Gasteiger partial charge in [-0.15, -0.1) is 6.42 Å². The summed E-state index contributed by atoms with van der Waals surface area (Å²) in [5, 5.41) is 3.13. The Hall–Kier alpha value is -1.76. The molecule has 0 aliphatic carbocycles. The second kappa shape index (κ2) is 6.74.